The molecular weight excluding hydrogens is 456 g/mol. The van der Waals surface area contributed by atoms with Gasteiger partial charge in [0.15, 0.2) is 0 Å². The summed E-state index contributed by atoms with van der Waals surface area (Å²) < 4.78 is 69.7. The van der Waals surface area contributed by atoms with Crippen LogP contribution in [-0.4, -0.2) is 48.2 Å². The first-order valence-corrected chi connectivity index (χ1v) is 9.06. The Labute approximate surface area is 191 Å². The van der Waals surface area contributed by atoms with Crippen LogP contribution in [0.2, 0.25) is 0 Å². The van der Waals surface area contributed by atoms with Crippen molar-refractivity contribution < 1.29 is 45.5 Å². The molecule has 0 aliphatic rings. The molecule has 0 unspecified atom stereocenters. The second-order valence-electron chi connectivity index (χ2n) is 6.46. The molecule has 0 aliphatic heterocycles. The quantitative estimate of drug-likeness (QED) is 0.131. The van der Waals surface area contributed by atoms with E-state index >= 15 is 0 Å². The van der Waals surface area contributed by atoms with Crippen LogP contribution in [0.4, 0.5) is 26.3 Å². The molecule has 0 atom stereocenters. The van der Waals surface area contributed by atoms with Crippen molar-refractivity contribution >= 4 is 17.8 Å². The average Bonchev–Trinajstić information content (AvgIpc) is 2.60. The highest BCUT2D eigenvalue weighted by atomic mass is 19.4. The van der Waals surface area contributed by atoms with Crippen LogP contribution in [0.15, 0.2) is 49.6 Å². The Morgan fingerprint density at radius 3 is 1.52 bits per heavy atom. The number of hydrogen-bond donors (Lipinski definition) is 0. The van der Waals surface area contributed by atoms with Crippen LogP contribution in [0.3, 0.4) is 0 Å². The summed E-state index contributed by atoms with van der Waals surface area (Å²) in [6.45, 7) is 21.5. The number of ether oxygens (including phenoxy) is 1. The fourth-order valence-electron chi connectivity index (χ4n) is 1.53. The van der Waals surface area contributed by atoms with E-state index in [1.54, 1.807) is 17.9 Å². The number of unbranched alkanes of at least 4 members (excludes halogenated alkanes) is 1. The van der Waals surface area contributed by atoms with Gasteiger partial charge in [0.25, 0.3) is 0 Å². The predicted molar refractivity (Wildman–Crippen MR) is 116 cm³/mol. The van der Waals surface area contributed by atoms with Gasteiger partial charge in [0.2, 0.25) is 5.91 Å². The standard InChI is InChI=1S/C9H15NO.C8H14.C4F6O3.CH4/c1-5-6-10(9(4)11)7-8(2)3;1-4-5-6-7-8(2)3;5-3(6,7)1(11)13-2(12)4(8,9)10;/h5H,1-2,6-7H2,3-4H3;4H,1-2,5-7H2,3H3;;1H4. The molecule has 0 aromatic heterocycles. The number of nitrogens with zero attached hydrogens (tertiary/aromatic N) is 1. The summed E-state index contributed by atoms with van der Waals surface area (Å²) in [4.78, 5) is 31.9. The molecular formula is C22H33F6NO4. The number of rotatable bonds is 8. The van der Waals surface area contributed by atoms with Crippen molar-refractivity contribution in [2.45, 2.75) is 59.8 Å². The number of alkyl halides is 6. The van der Waals surface area contributed by atoms with Gasteiger partial charge in [0.1, 0.15) is 0 Å². The van der Waals surface area contributed by atoms with Gasteiger partial charge in [-0.15, -0.1) is 19.7 Å². The molecule has 192 valence electrons. The molecule has 33 heavy (non-hydrogen) atoms. The van der Waals surface area contributed by atoms with Crippen molar-refractivity contribution in [1.29, 1.82) is 0 Å². The molecule has 0 N–H and O–H groups in total. The summed E-state index contributed by atoms with van der Waals surface area (Å²) >= 11 is 0. The third kappa shape index (κ3) is 25.3. The molecule has 0 radical (unpaired) electrons. The van der Waals surface area contributed by atoms with Crippen LogP contribution < -0.4 is 0 Å². The van der Waals surface area contributed by atoms with Gasteiger partial charge < -0.3 is 9.64 Å². The minimum Gasteiger partial charge on any atom is -0.380 e. The smallest absolute Gasteiger partial charge is 0.380 e. The highest BCUT2D eigenvalue weighted by molar-refractivity contribution is 5.90. The zero-order chi connectivity index (χ0) is 26.1. The topological polar surface area (TPSA) is 63.7 Å². The summed E-state index contributed by atoms with van der Waals surface area (Å²) in [6, 6.07) is 0. The number of hydrogen-bond acceptors (Lipinski definition) is 4. The number of carbonyl (C=O) groups is 3. The van der Waals surface area contributed by atoms with Gasteiger partial charge in [0.05, 0.1) is 0 Å². The molecule has 0 bridgehead atoms. The maximum atomic E-state index is 11.2. The van der Waals surface area contributed by atoms with Crippen molar-refractivity contribution in [1.82, 2.24) is 4.90 Å². The van der Waals surface area contributed by atoms with Crippen molar-refractivity contribution in [2.24, 2.45) is 0 Å². The minimum atomic E-state index is -5.62. The lowest BCUT2D eigenvalue weighted by molar-refractivity contribution is -0.221. The first-order valence-electron chi connectivity index (χ1n) is 9.06. The fraction of sp³-hybridized carbons (Fsp3) is 0.500. The first kappa shape index (κ1) is 37.5. The fourth-order valence-corrected chi connectivity index (χ4v) is 1.53. The van der Waals surface area contributed by atoms with Crippen molar-refractivity contribution in [3.05, 3.63) is 49.6 Å². The molecule has 0 saturated carbocycles. The normalized spacial score (nSPS) is 9.97. The highest BCUT2D eigenvalue weighted by Crippen LogP contribution is 2.21. The van der Waals surface area contributed by atoms with Crippen LogP contribution in [0, 0.1) is 0 Å². The molecule has 0 rings (SSSR count). The van der Waals surface area contributed by atoms with E-state index in [4.69, 9.17) is 0 Å². The zero-order valence-electron chi connectivity index (χ0n) is 18.4. The number of amides is 1. The molecule has 5 nitrogen and oxygen atoms in total. The Hall–Kier alpha value is -2.85. The number of esters is 2. The molecule has 0 spiro atoms. The number of carbonyl (C=O) groups excluding carboxylic acids is 3. The van der Waals surface area contributed by atoms with Crippen molar-refractivity contribution in [3.8, 4) is 0 Å². The summed E-state index contributed by atoms with van der Waals surface area (Å²) in [6.07, 6.45) is -4.12. The highest BCUT2D eigenvalue weighted by Gasteiger charge is 2.49. The van der Waals surface area contributed by atoms with E-state index in [-0.39, 0.29) is 13.3 Å². The molecule has 0 heterocycles. The van der Waals surface area contributed by atoms with Crippen LogP contribution in [0.5, 0.6) is 0 Å². The van der Waals surface area contributed by atoms with Gasteiger partial charge in [-0.3, -0.25) is 4.79 Å². The Morgan fingerprint density at radius 2 is 1.27 bits per heavy atom. The Balaban J connectivity index is -0.000000194. The second kappa shape index (κ2) is 18.7. The van der Waals surface area contributed by atoms with Gasteiger partial charge in [0, 0.05) is 20.0 Å². The Kier molecular flexibility index (Phi) is 21.2. The van der Waals surface area contributed by atoms with E-state index in [2.05, 4.69) is 38.0 Å². The predicted octanol–water partition coefficient (Wildman–Crippen LogP) is 6.33. The molecule has 0 aliphatic carbocycles. The van der Waals surface area contributed by atoms with E-state index in [1.165, 1.54) is 12.0 Å². The second-order valence-corrected chi connectivity index (χ2v) is 6.46. The monoisotopic (exact) mass is 489 g/mol. The van der Waals surface area contributed by atoms with Gasteiger partial charge in [-0.05, 0) is 33.1 Å². The summed E-state index contributed by atoms with van der Waals surface area (Å²) in [7, 11) is 0. The van der Waals surface area contributed by atoms with Crippen LogP contribution in [0.25, 0.3) is 0 Å². The van der Waals surface area contributed by atoms with Gasteiger partial charge in [-0.25, -0.2) is 9.59 Å². The number of allylic oxidation sites excluding steroid dienone is 2. The lowest BCUT2D eigenvalue weighted by atomic mass is 10.1. The molecule has 1 amide bonds. The van der Waals surface area contributed by atoms with Crippen molar-refractivity contribution in [2.75, 3.05) is 13.1 Å². The van der Waals surface area contributed by atoms with Gasteiger partial charge in [-0.2, -0.15) is 26.3 Å². The zero-order valence-corrected chi connectivity index (χ0v) is 18.4. The third-order valence-corrected chi connectivity index (χ3v) is 2.92. The van der Waals surface area contributed by atoms with Crippen molar-refractivity contribution in [3.63, 3.8) is 0 Å². The Bertz CT molecular complexity index is 643. The lowest BCUT2D eigenvalue weighted by Gasteiger charge is -2.18. The first-order chi connectivity index (χ1) is 14.4. The van der Waals surface area contributed by atoms with Crippen LogP contribution >= 0.6 is 0 Å². The van der Waals surface area contributed by atoms with Gasteiger partial charge in [-0.1, -0.05) is 37.3 Å². The third-order valence-electron chi connectivity index (χ3n) is 2.92. The van der Waals surface area contributed by atoms with Crippen LogP contribution in [0.1, 0.15) is 47.5 Å². The molecule has 11 heteroatoms. The van der Waals surface area contributed by atoms with E-state index in [9.17, 15) is 40.7 Å². The largest absolute Gasteiger partial charge is 0.491 e. The van der Waals surface area contributed by atoms with Crippen LogP contribution in [-0.2, 0) is 19.1 Å². The molecule has 0 aromatic rings. The van der Waals surface area contributed by atoms with E-state index in [1.807, 2.05) is 13.0 Å². The maximum absolute atomic E-state index is 11.2. The minimum absolute atomic E-state index is 0. The van der Waals surface area contributed by atoms with Gasteiger partial charge >= 0.3 is 24.3 Å². The average molecular weight is 489 g/mol. The summed E-state index contributed by atoms with van der Waals surface area (Å²) in [5, 5.41) is 0. The summed E-state index contributed by atoms with van der Waals surface area (Å²) in [5.74, 6) is -6.34. The lowest BCUT2D eigenvalue weighted by Crippen LogP contribution is -2.34. The number of halogens is 6. The van der Waals surface area contributed by atoms with E-state index in [0.717, 1.165) is 18.4 Å². The maximum Gasteiger partial charge on any atom is 0.491 e. The van der Waals surface area contributed by atoms with E-state index in [0.29, 0.717) is 13.1 Å². The molecule has 0 aromatic carbocycles. The molecule has 0 saturated heterocycles. The summed E-state index contributed by atoms with van der Waals surface area (Å²) in [5.41, 5.74) is 2.26. The Morgan fingerprint density at radius 1 is 0.848 bits per heavy atom. The van der Waals surface area contributed by atoms with E-state index < -0.39 is 24.3 Å². The molecule has 0 fully saturated rings. The SMILES string of the molecule is C.C=CCCCC(=C)C.C=CCN(CC(=C)C)C(C)=O.O=C(OC(=O)C(F)(F)F)C(F)(F)F.